The molecule has 0 unspecified atom stereocenters. The normalized spacial score (nSPS) is 11.2. The smallest absolute Gasteiger partial charge is 0.257 e. The number of furan rings is 1. The molecule has 0 aliphatic rings. The van der Waals surface area contributed by atoms with Crippen molar-refractivity contribution in [2.24, 2.45) is 0 Å². The topological polar surface area (TPSA) is 60.1 Å². The van der Waals surface area contributed by atoms with Gasteiger partial charge < -0.3 is 14.3 Å². The first kappa shape index (κ1) is 16.6. The van der Waals surface area contributed by atoms with Crippen molar-refractivity contribution in [3.05, 3.63) is 70.4 Å². The molecule has 3 heterocycles. The Morgan fingerprint density at radius 2 is 2.08 bits per heavy atom. The Morgan fingerprint density at radius 3 is 2.85 bits per heavy atom. The summed E-state index contributed by atoms with van der Waals surface area (Å²) in [5.41, 5.74) is 4.36. The Hall–Kier alpha value is -2.86. The van der Waals surface area contributed by atoms with Gasteiger partial charge in [-0.15, -0.1) is 11.3 Å². The van der Waals surface area contributed by atoms with Crippen molar-refractivity contribution in [1.82, 2.24) is 9.55 Å². The van der Waals surface area contributed by atoms with Gasteiger partial charge in [0.2, 0.25) is 0 Å². The average Bonchev–Trinajstić information content (AvgIpc) is 3.30. The van der Waals surface area contributed by atoms with Gasteiger partial charge in [0.15, 0.2) is 0 Å². The van der Waals surface area contributed by atoms with Crippen molar-refractivity contribution in [3.63, 3.8) is 0 Å². The number of carbonyl (C=O) groups is 1. The highest BCUT2D eigenvalue weighted by molar-refractivity contribution is 7.18. The van der Waals surface area contributed by atoms with Gasteiger partial charge in [-0.25, -0.2) is 4.98 Å². The number of rotatable bonds is 4. The number of hydrogen-bond acceptors (Lipinski definition) is 4. The molecule has 0 aliphatic heterocycles. The van der Waals surface area contributed by atoms with Crippen LogP contribution in [0, 0.1) is 20.8 Å². The largest absolute Gasteiger partial charge is 0.467 e. The van der Waals surface area contributed by atoms with Crippen LogP contribution < -0.4 is 5.32 Å². The third-order valence-corrected chi connectivity index (χ3v) is 5.40. The van der Waals surface area contributed by atoms with Crippen molar-refractivity contribution in [2.75, 3.05) is 5.32 Å². The molecule has 0 atom stereocenters. The van der Waals surface area contributed by atoms with Crippen molar-refractivity contribution < 1.29 is 9.21 Å². The molecule has 3 aromatic heterocycles. The van der Waals surface area contributed by atoms with Crippen LogP contribution in [-0.4, -0.2) is 15.5 Å². The van der Waals surface area contributed by atoms with Crippen molar-refractivity contribution >= 4 is 33.1 Å². The monoisotopic (exact) mass is 365 g/mol. The van der Waals surface area contributed by atoms with Crippen LogP contribution in [0.2, 0.25) is 0 Å². The Morgan fingerprint density at radius 1 is 1.23 bits per heavy atom. The molecule has 132 valence electrons. The second kappa shape index (κ2) is 6.46. The molecule has 0 fully saturated rings. The third-order valence-electron chi connectivity index (χ3n) is 4.47. The molecule has 0 spiro atoms. The lowest BCUT2D eigenvalue weighted by molar-refractivity contribution is 0.102. The summed E-state index contributed by atoms with van der Waals surface area (Å²) in [5, 5.41) is 4.02. The Labute approximate surface area is 155 Å². The van der Waals surface area contributed by atoms with E-state index in [-0.39, 0.29) is 5.91 Å². The minimum Gasteiger partial charge on any atom is -0.467 e. The molecule has 5 nitrogen and oxygen atoms in total. The van der Waals surface area contributed by atoms with Gasteiger partial charge in [-0.3, -0.25) is 4.79 Å². The molecule has 4 aromatic rings. The number of aromatic nitrogens is 2. The number of thiazole rings is 1. The Balaban J connectivity index is 1.59. The van der Waals surface area contributed by atoms with Gasteiger partial charge >= 0.3 is 0 Å². The van der Waals surface area contributed by atoms with Gasteiger partial charge in [0.1, 0.15) is 5.76 Å². The maximum Gasteiger partial charge on any atom is 0.257 e. The first-order valence-corrected chi connectivity index (χ1v) is 9.20. The fourth-order valence-electron chi connectivity index (χ4n) is 3.15. The molecule has 0 bridgehead atoms. The highest BCUT2D eigenvalue weighted by Crippen LogP contribution is 2.25. The van der Waals surface area contributed by atoms with Gasteiger partial charge in [0, 0.05) is 17.1 Å². The fourth-order valence-corrected chi connectivity index (χ4v) is 4.02. The van der Waals surface area contributed by atoms with Crippen LogP contribution in [0.3, 0.4) is 0 Å². The van der Waals surface area contributed by atoms with Crippen LogP contribution in [0.15, 0.2) is 47.1 Å². The molecule has 0 saturated heterocycles. The molecule has 1 N–H and O–H groups in total. The van der Waals surface area contributed by atoms with Crippen molar-refractivity contribution in [3.8, 4) is 0 Å². The zero-order chi connectivity index (χ0) is 18.3. The average molecular weight is 365 g/mol. The minimum atomic E-state index is -0.107. The summed E-state index contributed by atoms with van der Waals surface area (Å²) >= 11 is 1.62. The summed E-state index contributed by atoms with van der Waals surface area (Å²) in [4.78, 5) is 17.2. The summed E-state index contributed by atoms with van der Waals surface area (Å²) in [6.45, 7) is 6.56. The third kappa shape index (κ3) is 3.04. The summed E-state index contributed by atoms with van der Waals surface area (Å²) in [6, 6.07) is 11.5. The predicted molar refractivity (Wildman–Crippen MR) is 104 cm³/mol. The Bertz CT molecular complexity index is 1090. The molecule has 4 rings (SSSR count). The Kier molecular flexibility index (Phi) is 4.12. The predicted octanol–water partition coefficient (Wildman–Crippen LogP) is 4.92. The molecular formula is C20H19N3O2S. The summed E-state index contributed by atoms with van der Waals surface area (Å²) in [6.07, 6.45) is 1.66. The molecule has 1 aromatic carbocycles. The number of nitrogens with zero attached hydrogens (tertiary/aromatic N) is 2. The lowest BCUT2D eigenvalue weighted by atomic mass is 10.2. The maximum atomic E-state index is 12.8. The van der Waals surface area contributed by atoms with Gasteiger partial charge in [0.05, 0.1) is 33.6 Å². The minimum absolute atomic E-state index is 0.107. The number of aryl methyl sites for hydroxylation is 2. The standard InChI is InChI=1S/C20H19N3O2S/c1-12-9-17(13(2)23(12)11-16-5-4-8-25-16)20(24)22-15-6-7-18-19(10-15)26-14(3)21-18/h4-10H,11H2,1-3H3,(H,22,24). The second-order valence-corrected chi connectivity index (χ2v) is 7.55. The van der Waals surface area contributed by atoms with E-state index < -0.39 is 0 Å². The highest BCUT2D eigenvalue weighted by Gasteiger charge is 2.17. The van der Waals surface area contributed by atoms with Crippen LogP contribution in [0.1, 0.15) is 32.5 Å². The van der Waals surface area contributed by atoms with Crippen molar-refractivity contribution in [2.45, 2.75) is 27.3 Å². The number of hydrogen-bond donors (Lipinski definition) is 1. The van der Waals surface area contributed by atoms with Crippen LogP contribution in [0.25, 0.3) is 10.2 Å². The molecular weight excluding hydrogens is 346 g/mol. The van der Waals surface area contributed by atoms with E-state index in [1.54, 1.807) is 17.6 Å². The van der Waals surface area contributed by atoms with Gasteiger partial charge in [0.25, 0.3) is 5.91 Å². The second-order valence-electron chi connectivity index (χ2n) is 6.32. The zero-order valence-electron chi connectivity index (χ0n) is 14.9. The summed E-state index contributed by atoms with van der Waals surface area (Å²) < 4.78 is 8.59. The molecule has 1 amide bonds. The number of nitrogens with one attached hydrogen (secondary N) is 1. The highest BCUT2D eigenvalue weighted by atomic mass is 32.1. The van der Waals surface area contributed by atoms with E-state index >= 15 is 0 Å². The zero-order valence-corrected chi connectivity index (χ0v) is 15.7. The molecule has 6 heteroatoms. The van der Waals surface area contributed by atoms with Crippen LogP contribution in [0.4, 0.5) is 5.69 Å². The van der Waals surface area contributed by atoms with Crippen molar-refractivity contribution in [1.29, 1.82) is 0 Å². The van der Waals surface area contributed by atoms with E-state index in [2.05, 4.69) is 14.9 Å². The molecule has 26 heavy (non-hydrogen) atoms. The summed E-state index contributed by atoms with van der Waals surface area (Å²) in [7, 11) is 0. The van der Waals surface area contributed by atoms with E-state index in [0.717, 1.165) is 38.1 Å². The van der Waals surface area contributed by atoms with Gasteiger partial charge in [-0.1, -0.05) is 0 Å². The molecule has 0 radical (unpaired) electrons. The lowest BCUT2D eigenvalue weighted by Gasteiger charge is -2.08. The number of anilines is 1. The van der Waals surface area contributed by atoms with Crippen LogP contribution in [0.5, 0.6) is 0 Å². The fraction of sp³-hybridized carbons (Fsp3) is 0.200. The van der Waals surface area contributed by atoms with E-state index in [1.165, 1.54) is 0 Å². The first-order valence-electron chi connectivity index (χ1n) is 8.39. The quantitative estimate of drug-likeness (QED) is 0.558. The van der Waals surface area contributed by atoms with E-state index in [1.807, 2.05) is 57.2 Å². The maximum absolute atomic E-state index is 12.8. The number of fused-ring (bicyclic) bond motifs is 1. The SMILES string of the molecule is Cc1nc2ccc(NC(=O)c3cc(C)n(Cc4ccco4)c3C)cc2s1. The van der Waals surface area contributed by atoms with E-state index in [4.69, 9.17) is 4.42 Å². The number of benzene rings is 1. The lowest BCUT2D eigenvalue weighted by Crippen LogP contribution is -2.13. The first-order chi connectivity index (χ1) is 12.5. The van der Waals surface area contributed by atoms with Gasteiger partial charge in [-0.05, 0) is 57.2 Å². The molecule has 0 aliphatic carbocycles. The van der Waals surface area contributed by atoms with Crippen LogP contribution in [-0.2, 0) is 6.54 Å². The van der Waals surface area contributed by atoms with E-state index in [9.17, 15) is 4.79 Å². The van der Waals surface area contributed by atoms with Crippen LogP contribution >= 0.6 is 11.3 Å². The summed E-state index contributed by atoms with van der Waals surface area (Å²) in [5.74, 6) is 0.758. The number of carbonyl (C=O) groups excluding carboxylic acids is 1. The number of amides is 1. The van der Waals surface area contributed by atoms with E-state index in [0.29, 0.717) is 12.1 Å². The van der Waals surface area contributed by atoms with Gasteiger partial charge in [-0.2, -0.15) is 0 Å². The molecule has 0 saturated carbocycles.